The van der Waals surface area contributed by atoms with E-state index in [1.165, 1.54) is 58.0 Å². The second-order valence-corrected chi connectivity index (χ2v) is 15.6. The van der Waals surface area contributed by atoms with Crippen LogP contribution in [0.15, 0.2) is 0 Å². The molecule has 9 fully saturated rings. The van der Waals surface area contributed by atoms with Gasteiger partial charge in [-0.2, -0.15) is 0 Å². The Hall–Kier alpha value is -0.490. The molecule has 9 rings (SSSR count). The quantitative estimate of drug-likeness (QED) is 0.526. The fourth-order valence-corrected chi connectivity index (χ4v) is 12.5. The van der Waals surface area contributed by atoms with E-state index >= 15 is 0 Å². The van der Waals surface area contributed by atoms with Crippen LogP contribution in [0.25, 0.3) is 0 Å². The van der Waals surface area contributed by atoms with E-state index in [4.69, 9.17) is 14.2 Å². The van der Waals surface area contributed by atoms with Gasteiger partial charge < -0.3 is 14.2 Å². The fourth-order valence-electron chi connectivity index (χ4n) is 12.5. The standard InChI is InChI=1S/C31H47NO4/c1-19(2)21-8-12-27(4)20-7-14-29-10-6-11-31(29)30(27,24(21)32(16-20)17-29)15-22(35-31)25(33)26(3)18-34-28(5)13-9-23(26)36-28/h19-24H,6-18H2,1-5H3/t20-,21-,22-,23+,24+,26+,27+,28-,29+,30+,31+/m1/s1. The van der Waals surface area contributed by atoms with Gasteiger partial charge >= 0.3 is 0 Å². The van der Waals surface area contributed by atoms with Crippen LogP contribution < -0.4 is 0 Å². The highest BCUT2D eigenvalue weighted by molar-refractivity contribution is 5.90. The molecule has 0 aromatic rings. The van der Waals surface area contributed by atoms with Crippen molar-refractivity contribution in [1.82, 2.24) is 4.90 Å². The molecule has 6 aliphatic heterocycles. The van der Waals surface area contributed by atoms with Gasteiger partial charge in [0.25, 0.3) is 0 Å². The van der Waals surface area contributed by atoms with Crippen molar-refractivity contribution in [1.29, 1.82) is 0 Å². The van der Waals surface area contributed by atoms with E-state index in [1.54, 1.807) is 0 Å². The SMILES string of the molecule is CC(C)[C@H]1CC[C@@]2(C)[C@@H]3CC[C@]45CCC[C@]46O[C@@H](C(=O)[C@@]4(C)CO[C@@]7(C)CC[C@@H]4O7)C[C@@]62[C@H]1N(C3)C5. The first-order valence-corrected chi connectivity index (χ1v) is 15.3. The first-order valence-electron chi connectivity index (χ1n) is 15.3. The lowest BCUT2D eigenvalue weighted by Crippen LogP contribution is -2.80. The maximum atomic E-state index is 14.6. The minimum atomic E-state index is -0.603. The zero-order valence-electron chi connectivity index (χ0n) is 23.2. The summed E-state index contributed by atoms with van der Waals surface area (Å²) in [4.78, 5) is 17.6. The van der Waals surface area contributed by atoms with Crippen LogP contribution in [-0.4, -0.2) is 60.0 Å². The monoisotopic (exact) mass is 497 g/mol. The van der Waals surface area contributed by atoms with E-state index in [0.29, 0.717) is 24.5 Å². The van der Waals surface area contributed by atoms with Crippen LogP contribution in [-0.2, 0) is 19.0 Å². The summed E-state index contributed by atoms with van der Waals surface area (Å²) in [5.74, 6) is 1.91. The lowest BCUT2D eigenvalue weighted by Gasteiger charge is -2.75. The van der Waals surface area contributed by atoms with Crippen LogP contribution in [0.3, 0.4) is 0 Å². The molecule has 5 nitrogen and oxygen atoms in total. The highest BCUT2D eigenvalue weighted by Gasteiger charge is 2.85. The number of hydrogen-bond donors (Lipinski definition) is 0. The Morgan fingerprint density at radius 3 is 2.61 bits per heavy atom. The highest BCUT2D eigenvalue weighted by atomic mass is 16.7. The van der Waals surface area contributed by atoms with Gasteiger partial charge in [-0.15, -0.1) is 0 Å². The number of hydrogen-bond acceptors (Lipinski definition) is 5. The van der Waals surface area contributed by atoms with Crippen molar-refractivity contribution in [3.8, 4) is 0 Å². The number of fused-ring (bicyclic) bond motifs is 3. The van der Waals surface area contributed by atoms with Gasteiger partial charge in [-0.25, -0.2) is 0 Å². The minimum absolute atomic E-state index is 0.0414. The molecule has 9 aliphatic rings. The molecule has 0 aromatic heterocycles. The Morgan fingerprint density at radius 1 is 0.972 bits per heavy atom. The van der Waals surface area contributed by atoms with Gasteiger partial charge in [0.2, 0.25) is 0 Å². The van der Waals surface area contributed by atoms with Gasteiger partial charge in [-0.3, -0.25) is 9.69 Å². The molecule has 12 atom stereocenters. The third-order valence-corrected chi connectivity index (χ3v) is 14.1. The van der Waals surface area contributed by atoms with E-state index in [-0.39, 0.29) is 39.8 Å². The molecule has 3 saturated carbocycles. The summed E-state index contributed by atoms with van der Waals surface area (Å²) >= 11 is 0. The molecule has 0 aromatic carbocycles. The van der Waals surface area contributed by atoms with Crippen molar-refractivity contribution in [3.63, 3.8) is 0 Å². The molecule has 0 radical (unpaired) electrons. The Kier molecular flexibility index (Phi) is 4.42. The highest BCUT2D eigenvalue weighted by Crippen LogP contribution is 2.82. The Labute approximate surface area is 217 Å². The number of piperidine rings is 2. The average molecular weight is 498 g/mol. The molecule has 6 heterocycles. The lowest BCUT2D eigenvalue weighted by atomic mass is 9.37. The van der Waals surface area contributed by atoms with E-state index in [2.05, 4.69) is 32.6 Å². The van der Waals surface area contributed by atoms with Gasteiger partial charge in [0.15, 0.2) is 11.6 Å². The molecule has 8 bridgehead atoms. The van der Waals surface area contributed by atoms with Crippen molar-refractivity contribution in [3.05, 3.63) is 0 Å². The topological polar surface area (TPSA) is 48.0 Å². The summed E-state index contributed by atoms with van der Waals surface area (Å²) in [5, 5.41) is 0. The first kappa shape index (κ1) is 23.4. The number of carbonyl (C=O) groups is 1. The van der Waals surface area contributed by atoms with E-state index < -0.39 is 11.2 Å². The maximum absolute atomic E-state index is 14.6. The predicted molar refractivity (Wildman–Crippen MR) is 136 cm³/mol. The fraction of sp³-hybridized carbons (Fsp3) is 0.968. The number of ketones is 1. The molecule has 1 unspecified atom stereocenters. The number of nitrogens with zero attached hydrogens (tertiary/aromatic N) is 1. The predicted octanol–water partition coefficient (Wildman–Crippen LogP) is 5.35. The average Bonchev–Trinajstić information content (AvgIpc) is 3.43. The smallest absolute Gasteiger partial charge is 0.172 e. The lowest BCUT2D eigenvalue weighted by molar-refractivity contribution is -0.298. The Morgan fingerprint density at radius 2 is 1.81 bits per heavy atom. The van der Waals surface area contributed by atoms with E-state index in [0.717, 1.165) is 25.2 Å². The van der Waals surface area contributed by atoms with Gasteiger partial charge in [-0.05, 0) is 94.8 Å². The number of rotatable bonds is 3. The molecule has 6 saturated heterocycles. The normalized spacial score (nSPS) is 62.4. The maximum Gasteiger partial charge on any atom is 0.172 e. The zero-order valence-corrected chi connectivity index (χ0v) is 23.2. The molecular weight excluding hydrogens is 450 g/mol. The molecule has 3 aliphatic carbocycles. The minimum Gasteiger partial charge on any atom is -0.363 e. The van der Waals surface area contributed by atoms with Gasteiger partial charge in [-0.1, -0.05) is 20.8 Å². The Bertz CT molecular complexity index is 1010. The Balaban J connectivity index is 1.27. The number of ether oxygens (including phenoxy) is 3. The van der Waals surface area contributed by atoms with Crippen LogP contribution in [0, 0.1) is 39.4 Å². The van der Waals surface area contributed by atoms with Crippen LogP contribution in [0.4, 0.5) is 0 Å². The third-order valence-electron chi connectivity index (χ3n) is 14.1. The molecule has 0 amide bonds. The summed E-state index contributed by atoms with van der Waals surface area (Å²) in [6.45, 7) is 14.7. The third kappa shape index (κ3) is 2.32. The van der Waals surface area contributed by atoms with Gasteiger partial charge in [0.1, 0.15) is 6.10 Å². The summed E-state index contributed by atoms with van der Waals surface area (Å²) in [5.41, 5.74) is -0.133. The second kappa shape index (κ2) is 6.80. The molecule has 36 heavy (non-hydrogen) atoms. The molecular formula is C31H47NO4. The first-order chi connectivity index (χ1) is 17.0. The van der Waals surface area contributed by atoms with Crippen molar-refractivity contribution in [2.24, 2.45) is 39.4 Å². The van der Waals surface area contributed by atoms with Gasteiger partial charge in [0, 0.05) is 36.4 Å². The molecule has 0 N–H and O–H groups in total. The molecule has 3 spiro atoms. The zero-order chi connectivity index (χ0) is 24.9. The van der Waals surface area contributed by atoms with E-state index in [1.807, 2.05) is 6.92 Å². The number of Topliss-reactive ketones (excluding diaryl/α,β-unsaturated/α-hetero) is 1. The van der Waals surface area contributed by atoms with Crippen molar-refractivity contribution in [2.45, 2.75) is 128 Å². The molecule has 5 heteroatoms. The van der Waals surface area contributed by atoms with E-state index in [9.17, 15) is 4.79 Å². The summed E-state index contributed by atoms with van der Waals surface area (Å²) < 4.78 is 20.1. The summed E-state index contributed by atoms with van der Waals surface area (Å²) in [7, 11) is 0. The summed E-state index contributed by atoms with van der Waals surface area (Å²) in [6.07, 6.45) is 11.4. The van der Waals surface area contributed by atoms with Crippen molar-refractivity contribution in [2.75, 3.05) is 19.7 Å². The van der Waals surface area contributed by atoms with Crippen LogP contribution in [0.5, 0.6) is 0 Å². The summed E-state index contributed by atoms with van der Waals surface area (Å²) in [6, 6.07) is 0.566. The van der Waals surface area contributed by atoms with Crippen LogP contribution in [0.2, 0.25) is 0 Å². The second-order valence-electron chi connectivity index (χ2n) is 15.6. The van der Waals surface area contributed by atoms with Gasteiger partial charge in [0.05, 0.1) is 23.7 Å². The number of carbonyl (C=O) groups excluding carboxylic acids is 1. The van der Waals surface area contributed by atoms with Crippen LogP contribution in [0.1, 0.15) is 98.8 Å². The van der Waals surface area contributed by atoms with Crippen LogP contribution >= 0.6 is 0 Å². The largest absolute Gasteiger partial charge is 0.363 e. The van der Waals surface area contributed by atoms with Crippen molar-refractivity contribution < 1.29 is 19.0 Å². The van der Waals surface area contributed by atoms with Crippen molar-refractivity contribution >= 4 is 5.78 Å². The molecule has 200 valence electrons.